The minimum Gasteiger partial charge on any atom is -0.384 e. The van der Waals surface area contributed by atoms with Gasteiger partial charge in [-0.15, -0.1) is 0 Å². The lowest BCUT2D eigenvalue weighted by Crippen LogP contribution is -2.47. The average molecular weight is 258 g/mol. The summed E-state index contributed by atoms with van der Waals surface area (Å²) in [6.45, 7) is 5.32. The first-order valence-electron chi connectivity index (χ1n) is 7.36. The first kappa shape index (κ1) is 12.5. The number of hydrogen-bond acceptors (Lipinski definition) is 2. The highest BCUT2D eigenvalue weighted by atomic mass is 16.2. The van der Waals surface area contributed by atoms with E-state index in [4.69, 9.17) is 0 Å². The van der Waals surface area contributed by atoms with Gasteiger partial charge in [-0.25, -0.2) is 0 Å². The molecule has 0 radical (unpaired) electrons. The van der Waals surface area contributed by atoms with Crippen molar-refractivity contribution in [3.05, 3.63) is 29.3 Å². The van der Waals surface area contributed by atoms with Crippen LogP contribution in [0.25, 0.3) is 0 Å². The zero-order valence-electron chi connectivity index (χ0n) is 11.8. The van der Waals surface area contributed by atoms with E-state index < -0.39 is 0 Å². The van der Waals surface area contributed by atoms with Crippen LogP contribution in [0.2, 0.25) is 0 Å². The minimum absolute atomic E-state index is 0.191. The van der Waals surface area contributed by atoms with Crippen molar-refractivity contribution in [2.24, 2.45) is 0 Å². The maximum atomic E-state index is 12.7. The number of nitrogens with one attached hydrogen (secondary N) is 1. The molecule has 0 spiro atoms. The van der Waals surface area contributed by atoms with Crippen LogP contribution in [0.15, 0.2) is 18.2 Å². The van der Waals surface area contributed by atoms with Gasteiger partial charge in [0.15, 0.2) is 0 Å². The Kier molecular flexibility index (Phi) is 3.21. The van der Waals surface area contributed by atoms with Gasteiger partial charge < -0.3 is 10.2 Å². The van der Waals surface area contributed by atoms with Gasteiger partial charge in [0, 0.05) is 29.9 Å². The number of rotatable bonds is 1. The second-order valence-electron chi connectivity index (χ2n) is 5.89. The average Bonchev–Trinajstić information content (AvgIpc) is 2.85. The molecular weight excluding hydrogens is 236 g/mol. The van der Waals surface area contributed by atoms with Crippen molar-refractivity contribution in [2.75, 3.05) is 11.9 Å². The van der Waals surface area contributed by atoms with E-state index >= 15 is 0 Å². The van der Waals surface area contributed by atoms with Crippen molar-refractivity contribution in [3.63, 3.8) is 0 Å². The molecule has 3 rings (SSSR count). The molecule has 1 N–H and O–H groups in total. The Balaban J connectivity index is 1.86. The van der Waals surface area contributed by atoms with Crippen molar-refractivity contribution in [1.29, 1.82) is 0 Å². The lowest BCUT2D eigenvalue weighted by atomic mass is 9.96. The molecule has 0 aromatic heterocycles. The smallest absolute Gasteiger partial charge is 0.254 e. The predicted molar refractivity (Wildman–Crippen MR) is 77.6 cm³/mol. The Bertz CT molecular complexity index is 488. The molecule has 1 aromatic carbocycles. The fourth-order valence-corrected chi connectivity index (χ4v) is 3.39. The maximum absolute atomic E-state index is 12.7. The van der Waals surface area contributed by atoms with Crippen LogP contribution in [0.4, 0.5) is 5.69 Å². The highest BCUT2D eigenvalue weighted by Gasteiger charge is 2.30. The van der Waals surface area contributed by atoms with E-state index in [-0.39, 0.29) is 5.91 Å². The predicted octanol–water partition coefficient (Wildman–Crippen LogP) is 3.06. The molecule has 0 aliphatic carbocycles. The van der Waals surface area contributed by atoms with Gasteiger partial charge in [0.25, 0.3) is 5.91 Å². The zero-order valence-corrected chi connectivity index (χ0v) is 11.8. The van der Waals surface area contributed by atoms with E-state index in [0.29, 0.717) is 12.1 Å². The fraction of sp³-hybridized carbons (Fsp3) is 0.562. The molecule has 2 aliphatic heterocycles. The number of nitrogens with zero attached hydrogens (tertiary/aromatic N) is 1. The van der Waals surface area contributed by atoms with Crippen LogP contribution in [-0.2, 0) is 6.42 Å². The Hall–Kier alpha value is -1.51. The third kappa shape index (κ3) is 2.22. The third-order valence-corrected chi connectivity index (χ3v) is 4.49. The summed E-state index contributed by atoms with van der Waals surface area (Å²) < 4.78 is 0. The number of piperidine rings is 1. The molecule has 3 nitrogen and oxygen atoms in total. The topological polar surface area (TPSA) is 32.3 Å². The molecule has 2 aliphatic rings. The Morgan fingerprint density at radius 1 is 1.26 bits per heavy atom. The normalized spacial score (nSPS) is 25.9. The Labute approximate surface area is 115 Å². The van der Waals surface area contributed by atoms with Gasteiger partial charge >= 0.3 is 0 Å². The molecule has 19 heavy (non-hydrogen) atoms. The van der Waals surface area contributed by atoms with Crippen molar-refractivity contribution >= 4 is 11.6 Å². The second-order valence-corrected chi connectivity index (χ2v) is 5.89. The van der Waals surface area contributed by atoms with Crippen LogP contribution < -0.4 is 5.32 Å². The third-order valence-electron chi connectivity index (χ3n) is 4.49. The van der Waals surface area contributed by atoms with Crippen LogP contribution in [0.1, 0.15) is 49.0 Å². The van der Waals surface area contributed by atoms with E-state index in [1.54, 1.807) is 0 Å². The Morgan fingerprint density at radius 3 is 2.74 bits per heavy atom. The van der Waals surface area contributed by atoms with E-state index in [2.05, 4.69) is 30.1 Å². The van der Waals surface area contributed by atoms with Gasteiger partial charge in [0.1, 0.15) is 0 Å². The van der Waals surface area contributed by atoms with Gasteiger partial charge in [-0.3, -0.25) is 4.79 Å². The molecular formula is C16H22N2O. The van der Waals surface area contributed by atoms with Gasteiger partial charge in [-0.2, -0.15) is 0 Å². The number of fused-ring (bicyclic) bond motifs is 1. The van der Waals surface area contributed by atoms with Crippen molar-refractivity contribution < 1.29 is 4.79 Å². The largest absolute Gasteiger partial charge is 0.384 e. The summed E-state index contributed by atoms with van der Waals surface area (Å²) in [7, 11) is 0. The molecule has 3 heteroatoms. The van der Waals surface area contributed by atoms with Crippen LogP contribution in [-0.4, -0.2) is 29.4 Å². The first-order valence-corrected chi connectivity index (χ1v) is 7.36. The molecule has 2 heterocycles. The molecule has 1 aromatic rings. The van der Waals surface area contributed by atoms with Crippen molar-refractivity contribution in [3.8, 4) is 0 Å². The SMILES string of the molecule is CC1CCCC(C)N1C(=O)c1ccc2c(c1)NCC2. The summed E-state index contributed by atoms with van der Waals surface area (Å²) >= 11 is 0. The fourth-order valence-electron chi connectivity index (χ4n) is 3.39. The number of carbonyl (C=O) groups is 1. The van der Waals surface area contributed by atoms with Crippen molar-refractivity contribution in [1.82, 2.24) is 4.90 Å². The Morgan fingerprint density at radius 2 is 2.00 bits per heavy atom. The summed E-state index contributed by atoms with van der Waals surface area (Å²) in [5.74, 6) is 0.191. The summed E-state index contributed by atoms with van der Waals surface area (Å²) in [6, 6.07) is 6.83. The van der Waals surface area contributed by atoms with Crippen LogP contribution >= 0.6 is 0 Å². The van der Waals surface area contributed by atoms with E-state index in [1.165, 1.54) is 12.0 Å². The summed E-state index contributed by atoms with van der Waals surface area (Å²) in [5.41, 5.74) is 3.30. The number of hydrogen-bond donors (Lipinski definition) is 1. The van der Waals surface area contributed by atoms with Crippen LogP contribution in [0, 0.1) is 0 Å². The number of anilines is 1. The van der Waals surface area contributed by atoms with E-state index in [9.17, 15) is 4.79 Å². The van der Waals surface area contributed by atoms with Gasteiger partial charge in [-0.1, -0.05) is 6.07 Å². The quantitative estimate of drug-likeness (QED) is 0.839. The molecule has 1 saturated heterocycles. The maximum Gasteiger partial charge on any atom is 0.254 e. The first-order chi connectivity index (χ1) is 9.16. The summed E-state index contributed by atoms with van der Waals surface area (Å²) in [4.78, 5) is 14.8. The van der Waals surface area contributed by atoms with E-state index in [1.807, 2.05) is 12.1 Å². The standard InChI is InChI=1S/C16H22N2O/c1-11-4-3-5-12(2)18(11)16(19)14-7-6-13-8-9-17-15(13)10-14/h6-7,10-12,17H,3-5,8-9H2,1-2H3. The van der Waals surface area contributed by atoms with Gasteiger partial charge in [0.05, 0.1) is 0 Å². The molecule has 0 bridgehead atoms. The zero-order chi connectivity index (χ0) is 13.4. The second kappa shape index (κ2) is 4.87. The number of benzene rings is 1. The molecule has 1 amide bonds. The monoisotopic (exact) mass is 258 g/mol. The van der Waals surface area contributed by atoms with E-state index in [0.717, 1.165) is 37.1 Å². The van der Waals surface area contributed by atoms with Gasteiger partial charge in [0.2, 0.25) is 0 Å². The number of carbonyl (C=O) groups excluding carboxylic acids is 1. The van der Waals surface area contributed by atoms with Crippen molar-refractivity contribution in [2.45, 2.75) is 51.6 Å². The van der Waals surface area contributed by atoms with Gasteiger partial charge in [-0.05, 0) is 57.2 Å². The summed E-state index contributed by atoms with van der Waals surface area (Å²) in [6.07, 6.45) is 4.55. The highest BCUT2D eigenvalue weighted by molar-refractivity contribution is 5.96. The lowest BCUT2D eigenvalue weighted by Gasteiger charge is -2.39. The lowest BCUT2D eigenvalue weighted by molar-refractivity contribution is 0.0511. The number of amides is 1. The molecule has 2 atom stereocenters. The minimum atomic E-state index is 0.191. The number of likely N-dealkylation sites (tertiary alicyclic amines) is 1. The molecule has 1 fully saturated rings. The molecule has 102 valence electrons. The van der Waals surface area contributed by atoms with Crippen LogP contribution in [0.3, 0.4) is 0 Å². The molecule has 0 saturated carbocycles. The van der Waals surface area contributed by atoms with Crippen LogP contribution in [0.5, 0.6) is 0 Å². The summed E-state index contributed by atoms with van der Waals surface area (Å²) in [5, 5.41) is 3.35. The molecule has 2 unspecified atom stereocenters. The highest BCUT2D eigenvalue weighted by Crippen LogP contribution is 2.27.